The Balaban J connectivity index is 2.05. The van der Waals surface area contributed by atoms with Crippen LogP contribution in [-0.4, -0.2) is 17.3 Å². The van der Waals surface area contributed by atoms with E-state index in [1.807, 2.05) is 4.90 Å². The molecule has 17 heavy (non-hydrogen) atoms. The molecular weight excluding hydrogens is 278 g/mol. The molecule has 1 atom stereocenters. The number of alkyl halides is 1. The minimum Gasteiger partial charge on any atom is -0.311 e. The third-order valence-corrected chi connectivity index (χ3v) is 3.76. The van der Waals surface area contributed by atoms with Crippen molar-refractivity contribution >= 4 is 27.5 Å². The molecule has 2 rings (SSSR count). The average molecular weight is 296 g/mol. The summed E-state index contributed by atoms with van der Waals surface area (Å²) in [5, 5.41) is 0. The van der Waals surface area contributed by atoms with Crippen LogP contribution in [0.2, 0.25) is 0 Å². The van der Waals surface area contributed by atoms with Gasteiger partial charge in [-0.1, -0.05) is 41.4 Å². The molecule has 0 N–H and O–H groups in total. The number of halogens is 1. The van der Waals surface area contributed by atoms with Gasteiger partial charge in [0.2, 0.25) is 5.91 Å². The second-order valence-electron chi connectivity index (χ2n) is 4.58. The number of carbonyl (C=O) groups is 1. The normalized spacial score (nSPS) is 20.0. The molecule has 0 spiro atoms. The third-order valence-electron chi connectivity index (χ3n) is 3.14. The number of amides is 1. The summed E-state index contributed by atoms with van der Waals surface area (Å²) in [6, 6.07) is 8.40. The van der Waals surface area contributed by atoms with Gasteiger partial charge >= 0.3 is 0 Å². The van der Waals surface area contributed by atoms with Gasteiger partial charge in [0.25, 0.3) is 0 Å². The molecule has 3 heteroatoms. The fraction of sp³-hybridized carbons (Fsp3) is 0.500. The SMILES string of the molecule is CCCCc1ccc(N2CC(Br)CC2=O)cc1. The Morgan fingerprint density at radius 3 is 2.59 bits per heavy atom. The maximum absolute atomic E-state index is 11.7. The van der Waals surface area contributed by atoms with E-state index in [0.717, 1.165) is 18.7 Å². The number of benzene rings is 1. The number of carbonyl (C=O) groups excluding carboxylic acids is 1. The number of anilines is 1. The summed E-state index contributed by atoms with van der Waals surface area (Å²) in [5.74, 6) is 0.216. The van der Waals surface area contributed by atoms with Gasteiger partial charge in [-0.15, -0.1) is 0 Å². The van der Waals surface area contributed by atoms with Crippen LogP contribution in [0.5, 0.6) is 0 Å². The molecule has 1 aromatic carbocycles. The second kappa shape index (κ2) is 5.67. The lowest BCUT2D eigenvalue weighted by Crippen LogP contribution is -2.24. The molecule has 1 aliphatic rings. The van der Waals surface area contributed by atoms with Crippen molar-refractivity contribution in [3.05, 3.63) is 29.8 Å². The zero-order chi connectivity index (χ0) is 12.3. The monoisotopic (exact) mass is 295 g/mol. The summed E-state index contributed by atoms with van der Waals surface area (Å²) in [7, 11) is 0. The van der Waals surface area contributed by atoms with E-state index in [2.05, 4.69) is 47.1 Å². The molecule has 2 nitrogen and oxygen atoms in total. The first-order valence-corrected chi connectivity index (χ1v) is 7.15. The summed E-state index contributed by atoms with van der Waals surface area (Å²) in [6.45, 7) is 2.99. The van der Waals surface area contributed by atoms with Crippen LogP contribution < -0.4 is 4.90 Å². The Hall–Kier alpha value is -0.830. The molecule has 1 aromatic rings. The van der Waals surface area contributed by atoms with Crippen LogP contribution >= 0.6 is 15.9 Å². The molecule has 1 unspecified atom stereocenters. The summed E-state index contributed by atoms with van der Waals surface area (Å²) in [6.07, 6.45) is 4.19. The van der Waals surface area contributed by atoms with Gasteiger partial charge in [-0.05, 0) is 30.5 Å². The molecular formula is C14H18BrNO. The average Bonchev–Trinajstić information content (AvgIpc) is 2.66. The van der Waals surface area contributed by atoms with Gasteiger partial charge in [0.15, 0.2) is 0 Å². The summed E-state index contributed by atoms with van der Waals surface area (Å²) >= 11 is 3.50. The lowest BCUT2D eigenvalue weighted by Gasteiger charge is -2.16. The van der Waals surface area contributed by atoms with Gasteiger partial charge in [-0.2, -0.15) is 0 Å². The quantitative estimate of drug-likeness (QED) is 0.778. The van der Waals surface area contributed by atoms with E-state index in [1.54, 1.807) is 0 Å². The predicted molar refractivity (Wildman–Crippen MR) is 74.7 cm³/mol. The Kier molecular flexibility index (Phi) is 4.21. The molecule has 0 bridgehead atoms. The van der Waals surface area contributed by atoms with Crippen molar-refractivity contribution in [3.8, 4) is 0 Å². The van der Waals surface area contributed by atoms with Crippen LogP contribution in [0.3, 0.4) is 0 Å². The van der Waals surface area contributed by atoms with Crippen molar-refractivity contribution in [2.45, 2.75) is 37.4 Å². The maximum atomic E-state index is 11.7. The number of hydrogen-bond acceptors (Lipinski definition) is 1. The lowest BCUT2D eigenvalue weighted by molar-refractivity contribution is -0.117. The highest BCUT2D eigenvalue weighted by atomic mass is 79.9. The topological polar surface area (TPSA) is 20.3 Å². The summed E-state index contributed by atoms with van der Waals surface area (Å²) in [5.41, 5.74) is 2.38. The van der Waals surface area contributed by atoms with E-state index in [0.29, 0.717) is 11.2 Å². The van der Waals surface area contributed by atoms with Gasteiger partial charge < -0.3 is 4.90 Å². The van der Waals surface area contributed by atoms with E-state index in [-0.39, 0.29) is 5.91 Å². The number of hydrogen-bond donors (Lipinski definition) is 0. The van der Waals surface area contributed by atoms with E-state index in [9.17, 15) is 4.79 Å². The molecule has 0 saturated carbocycles. The van der Waals surface area contributed by atoms with Crippen LogP contribution in [0.1, 0.15) is 31.7 Å². The fourth-order valence-electron chi connectivity index (χ4n) is 2.14. The van der Waals surface area contributed by atoms with Gasteiger partial charge in [0, 0.05) is 23.5 Å². The number of nitrogens with zero attached hydrogens (tertiary/aromatic N) is 1. The van der Waals surface area contributed by atoms with E-state index in [4.69, 9.17) is 0 Å². The van der Waals surface area contributed by atoms with Gasteiger partial charge in [0.05, 0.1) is 0 Å². The molecule has 0 aromatic heterocycles. The standard InChI is InChI=1S/C14H18BrNO/c1-2-3-4-11-5-7-13(8-6-11)16-10-12(15)9-14(16)17/h5-8,12H,2-4,9-10H2,1H3. The lowest BCUT2D eigenvalue weighted by atomic mass is 10.1. The van der Waals surface area contributed by atoms with E-state index < -0.39 is 0 Å². The molecule has 1 aliphatic heterocycles. The Morgan fingerprint density at radius 2 is 2.06 bits per heavy atom. The number of unbranched alkanes of at least 4 members (excludes halogenated alkanes) is 1. The van der Waals surface area contributed by atoms with Gasteiger partial charge in [-0.25, -0.2) is 0 Å². The molecule has 1 heterocycles. The fourth-order valence-corrected chi connectivity index (χ4v) is 2.70. The first kappa shape index (κ1) is 12.6. The van der Waals surface area contributed by atoms with Crippen molar-refractivity contribution in [3.63, 3.8) is 0 Å². The second-order valence-corrected chi connectivity index (χ2v) is 5.87. The van der Waals surface area contributed by atoms with Crippen molar-refractivity contribution < 1.29 is 4.79 Å². The van der Waals surface area contributed by atoms with Crippen LogP contribution in [0.4, 0.5) is 5.69 Å². The Morgan fingerprint density at radius 1 is 1.35 bits per heavy atom. The van der Waals surface area contributed by atoms with Crippen molar-refractivity contribution in [2.24, 2.45) is 0 Å². The van der Waals surface area contributed by atoms with Crippen molar-refractivity contribution in [1.82, 2.24) is 0 Å². The predicted octanol–water partition coefficient (Wildman–Crippen LogP) is 3.53. The largest absolute Gasteiger partial charge is 0.311 e. The minimum atomic E-state index is 0.216. The first-order chi connectivity index (χ1) is 8.20. The third kappa shape index (κ3) is 3.09. The maximum Gasteiger partial charge on any atom is 0.228 e. The van der Waals surface area contributed by atoms with Crippen LogP contribution in [0.15, 0.2) is 24.3 Å². The Labute approximate surface area is 111 Å². The van der Waals surface area contributed by atoms with Crippen LogP contribution in [-0.2, 0) is 11.2 Å². The summed E-state index contributed by atoms with van der Waals surface area (Å²) < 4.78 is 0. The highest BCUT2D eigenvalue weighted by Gasteiger charge is 2.28. The number of aryl methyl sites for hydroxylation is 1. The van der Waals surface area contributed by atoms with Crippen LogP contribution in [0, 0.1) is 0 Å². The highest BCUT2D eigenvalue weighted by Crippen LogP contribution is 2.25. The highest BCUT2D eigenvalue weighted by molar-refractivity contribution is 9.09. The molecule has 0 aliphatic carbocycles. The van der Waals surface area contributed by atoms with Crippen LogP contribution in [0.25, 0.3) is 0 Å². The minimum absolute atomic E-state index is 0.216. The van der Waals surface area contributed by atoms with E-state index in [1.165, 1.54) is 18.4 Å². The van der Waals surface area contributed by atoms with E-state index >= 15 is 0 Å². The van der Waals surface area contributed by atoms with Crippen molar-refractivity contribution in [1.29, 1.82) is 0 Å². The number of rotatable bonds is 4. The molecule has 1 fully saturated rings. The summed E-state index contributed by atoms with van der Waals surface area (Å²) in [4.78, 5) is 13.9. The van der Waals surface area contributed by atoms with Crippen molar-refractivity contribution in [2.75, 3.05) is 11.4 Å². The molecule has 92 valence electrons. The molecule has 1 saturated heterocycles. The smallest absolute Gasteiger partial charge is 0.228 e. The van der Waals surface area contributed by atoms with Gasteiger partial charge in [-0.3, -0.25) is 4.79 Å². The molecule has 0 radical (unpaired) electrons. The Bertz CT molecular complexity index is 388. The first-order valence-electron chi connectivity index (χ1n) is 6.24. The van der Waals surface area contributed by atoms with Gasteiger partial charge in [0.1, 0.15) is 0 Å². The molecule has 1 amide bonds. The zero-order valence-corrected chi connectivity index (χ0v) is 11.7. The zero-order valence-electron chi connectivity index (χ0n) is 10.2.